The summed E-state index contributed by atoms with van der Waals surface area (Å²) >= 11 is 0. The molecule has 6 nitrogen and oxygen atoms in total. The van der Waals surface area contributed by atoms with Gasteiger partial charge in [-0.3, -0.25) is 4.79 Å². The molecule has 26 heavy (non-hydrogen) atoms. The Bertz CT molecular complexity index is 1200. The maximum atomic E-state index is 13.1. The van der Waals surface area contributed by atoms with Gasteiger partial charge in [0, 0.05) is 29.0 Å². The number of aromatic amines is 1. The van der Waals surface area contributed by atoms with Gasteiger partial charge >= 0.3 is 0 Å². The van der Waals surface area contributed by atoms with Crippen LogP contribution in [0.25, 0.3) is 22.1 Å². The minimum Gasteiger partial charge on any atom is -0.446 e. The van der Waals surface area contributed by atoms with Crippen LogP contribution in [0.15, 0.2) is 64.1 Å². The third-order valence-electron chi connectivity index (χ3n) is 3.90. The first kappa shape index (κ1) is 15.6. The van der Waals surface area contributed by atoms with Crippen LogP contribution in [-0.4, -0.2) is 9.97 Å². The summed E-state index contributed by atoms with van der Waals surface area (Å²) < 4.78 is 18.5. The van der Waals surface area contributed by atoms with Crippen LogP contribution in [0.1, 0.15) is 5.76 Å². The number of nitriles is 1. The molecular weight excluding hydrogens is 335 g/mol. The predicted molar refractivity (Wildman–Crippen MR) is 94.5 cm³/mol. The number of hydrogen-bond donors (Lipinski definition) is 2. The van der Waals surface area contributed by atoms with Gasteiger partial charge in [0.25, 0.3) is 5.56 Å². The summed E-state index contributed by atoms with van der Waals surface area (Å²) in [6.07, 6.45) is 3.09. The number of anilines is 2. The Balaban J connectivity index is 1.88. The van der Waals surface area contributed by atoms with Gasteiger partial charge in [0.2, 0.25) is 5.76 Å². The average Bonchev–Trinajstić information content (AvgIpc) is 3.13. The third kappa shape index (κ3) is 2.70. The maximum Gasteiger partial charge on any atom is 0.259 e. The SMILES string of the molecule is N#Cc1ccc(-c2cnc(Nc3ccc(F)cc3)c3c(=O)[nH]ccc23)o1. The van der Waals surface area contributed by atoms with Crippen LogP contribution in [0.2, 0.25) is 0 Å². The summed E-state index contributed by atoms with van der Waals surface area (Å²) in [6, 6.07) is 12.6. The molecule has 0 aliphatic heterocycles. The van der Waals surface area contributed by atoms with Crippen molar-refractivity contribution >= 4 is 22.3 Å². The van der Waals surface area contributed by atoms with E-state index in [0.717, 1.165) is 0 Å². The van der Waals surface area contributed by atoms with Gasteiger partial charge in [0.05, 0.1) is 5.39 Å². The molecule has 0 unspecified atom stereocenters. The number of benzene rings is 1. The molecule has 0 radical (unpaired) electrons. The van der Waals surface area contributed by atoms with E-state index < -0.39 is 0 Å². The van der Waals surface area contributed by atoms with Gasteiger partial charge in [-0.15, -0.1) is 0 Å². The molecule has 0 fully saturated rings. The monoisotopic (exact) mass is 346 g/mol. The number of furan rings is 1. The second-order valence-electron chi connectivity index (χ2n) is 5.52. The average molecular weight is 346 g/mol. The fourth-order valence-electron chi connectivity index (χ4n) is 2.71. The lowest BCUT2D eigenvalue weighted by molar-refractivity contribution is 0.568. The molecule has 1 aromatic carbocycles. The summed E-state index contributed by atoms with van der Waals surface area (Å²) in [7, 11) is 0. The van der Waals surface area contributed by atoms with Crippen LogP contribution in [0.5, 0.6) is 0 Å². The number of nitrogens with one attached hydrogen (secondary N) is 2. The van der Waals surface area contributed by atoms with E-state index >= 15 is 0 Å². The van der Waals surface area contributed by atoms with Gasteiger partial charge < -0.3 is 14.7 Å². The van der Waals surface area contributed by atoms with Crippen LogP contribution in [-0.2, 0) is 0 Å². The van der Waals surface area contributed by atoms with E-state index in [-0.39, 0.29) is 17.1 Å². The van der Waals surface area contributed by atoms with Crippen molar-refractivity contribution in [3.63, 3.8) is 0 Å². The van der Waals surface area contributed by atoms with Gasteiger partial charge in [-0.1, -0.05) is 0 Å². The highest BCUT2D eigenvalue weighted by atomic mass is 19.1. The summed E-state index contributed by atoms with van der Waals surface area (Å²) in [6.45, 7) is 0. The van der Waals surface area contributed by atoms with Crippen molar-refractivity contribution in [3.8, 4) is 17.4 Å². The van der Waals surface area contributed by atoms with Crippen LogP contribution in [0.4, 0.5) is 15.9 Å². The van der Waals surface area contributed by atoms with Gasteiger partial charge in [0.1, 0.15) is 23.5 Å². The molecule has 0 aliphatic rings. The zero-order valence-corrected chi connectivity index (χ0v) is 13.3. The largest absolute Gasteiger partial charge is 0.446 e. The highest BCUT2D eigenvalue weighted by molar-refractivity contribution is 6.01. The van der Waals surface area contributed by atoms with E-state index in [1.165, 1.54) is 18.3 Å². The van der Waals surface area contributed by atoms with Gasteiger partial charge in [-0.25, -0.2) is 9.37 Å². The van der Waals surface area contributed by atoms with E-state index in [1.54, 1.807) is 36.5 Å². The second kappa shape index (κ2) is 6.18. The van der Waals surface area contributed by atoms with Crippen molar-refractivity contribution in [3.05, 3.63) is 76.8 Å². The molecule has 0 amide bonds. The molecule has 0 saturated carbocycles. The summed E-state index contributed by atoms with van der Waals surface area (Å²) in [5, 5.41) is 12.9. The number of halogens is 1. The molecular formula is C19H11FN4O2. The van der Waals surface area contributed by atoms with Gasteiger partial charge in [0.15, 0.2) is 0 Å². The molecule has 4 aromatic rings. The van der Waals surface area contributed by atoms with Gasteiger partial charge in [-0.05, 0) is 42.5 Å². The highest BCUT2D eigenvalue weighted by Crippen LogP contribution is 2.31. The Morgan fingerprint density at radius 1 is 1.15 bits per heavy atom. The first-order valence-electron chi connectivity index (χ1n) is 7.69. The number of H-pyrrole nitrogens is 1. The normalized spacial score (nSPS) is 10.6. The quantitative estimate of drug-likeness (QED) is 0.586. The van der Waals surface area contributed by atoms with Crippen molar-refractivity contribution < 1.29 is 8.81 Å². The number of hydrogen-bond acceptors (Lipinski definition) is 5. The molecule has 7 heteroatoms. The predicted octanol–water partition coefficient (Wildman–Crippen LogP) is 3.94. The Morgan fingerprint density at radius 3 is 2.69 bits per heavy atom. The van der Waals surface area contributed by atoms with Crippen LogP contribution < -0.4 is 10.9 Å². The van der Waals surface area contributed by atoms with Crippen molar-refractivity contribution in [1.29, 1.82) is 5.26 Å². The Labute approximate surface area is 146 Å². The topological polar surface area (TPSA) is 94.7 Å². The molecule has 2 N–H and O–H groups in total. The standard InChI is InChI=1S/C19H11FN4O2/c20-11-1-3-12(4-2-11)24-18-17-14(7-8-22-19(17)25)15(10-23-18)16-6-5-13(9-21)26-16/h1-8,10H,(H,22,25)(H,23,24). The molecule has 0 bridgehead atoms. The minimum absolute atomic E-state index is 0.173. The first-order valence-corrected chi connectivity index (χ1v) is 7.69. The van der Waals surface area contributed by atoms with E-state index in [9.17, 15) is 9.18 Å². The number of aromatic nitrogens is 2. The molecule has 0 aliphatic carbocycles. The van der Waals surface area contributed by atoms with Crippen molar-refractivity contribution in [1.82, 2.24) is 9.97 Å². The van der Waals surface area contributed by atoms with Crippen LogP contribution in [0.3, 0.4) is 0 Å². The van der Waals surface area contributed by atoms with Crippen molar-refractivity contribution in [2.24, 2.45) is 0 Å². The number of nitrogens with zero attached hydrogens (tertiary/aromatic N) is 2. The molecule has 4 rings (SSSR count). The molecule has 0 spiro atoms. The van der Waals surface area contributed by atoms with E-state index in [4.69, 9.17) is 9.68 Å². The smallest absolute Gasteiger partial charge is 0.259 e. The third-order valence-corrected chi connectivity index (χ3v) is 3.90. The summed E-state index contributed by atoms with van der Waals surface area (Å²) in [4.78, 5) is 19.4. The minimum atomic E-state index is -0.354. The van der Waals surface area contributed by atoms with Gasteiger partial charge in [-0.2, -0.15) is 5.26 Å². The van der Waals surface area contributed by atoms with Crippen molar-refractivity contribution in [2.45, 2.75) is 0 Å². The van der Waals surface area contributed by atoms with E-state index in [2.05, 4.69) is 15.3 Å². The molecule has 0 saturated heterocycles. The Hall–Kier alpha value is -3.92. The maximum absolute atomic E-state index is 13.1. The Morgan fingerprint density at radius 2 is 1.96 bits per heavy atom. The lowest BCUT2D eigenvalue weighted by Crippen LogP contribution is -2.09. The molecule has 3 aromatic heterocycles. The number of fused-ring (bicyclic) bond motifs is 1. The lowest BCUT2D eigenvalue weighted by Gasteiger charge is -2.10. The fraction of sp³-hybridized carbons (Fsp3) is 0. The fourth-order valence-corrected chi connectivity index (χ4v) is 2.71. The van der Waals surface area contributed by atoms with Crippen LogP contribution in [0, 0.1) is 17.1 Å². The first-order chi connectivity index (χ1) is 12.7. The Kier molecular flexibility index (Phi) is 3.71. The molecule has 126 valence electrons. The molecule has 0 atom stereocenters. The summed E-state index contributed by atoms with van der Waals surface area (Å²) in [5.41, 5.74) is 0.867. The van der Waals surface area contributed by atoms with Crippen molar-refractivity contribution in [2.75, 3.05) is 5.32 Å². The lowest BCUT2D eigenvalue weighted by atomic mass is 10.1. The van der Waals surface area contributed by atoms with E-state index in [0.29, 0.717) is 33.6 Å². The number of rotatable bonds is 3. The number of pyridine rings is 2. The van der Waals surface area contributed by atoms with Crippen LogP contribution >= 0.6 is 0 Å². The zero-order chi connectivity index (χ0) is 18.1. The van der Waals surface area contributed by atoms with E-state index in [1.807, 2.05) is 6.07 Å². The zero-order valence-electron chi connectivity index (χ0n) is 13.3. The highest BCUT2D eigenvalue weighted by Gasteiger charge is 2.15. The summed E-state index contributed by atoms with van der Waals surface area (Å²) in [5.74, 6) is 0.599. The molecule has 3 heterocycles. The second-order valence-corrected chi connectivity index (χ2v) is 5.52.